The van der Waals surface area contributed by atoms with E-state index >= 15 is 0 Å². The maximum absolute atomic E-state index is 11.1. The second-order valence-corrected chi connectivity index (χ2v) is 7.09. The Morgan fingerprint density at radius 3 is 1.08 bits per heavy atom. The zero-order chi connectivity index (χ0) is 26.8. The van der Waals surface area contributed by atoms with Crippen molar-refractivity contribution in [3.8, 4) is 0 Å². The zero-order valence-corrected chi connectivity index (χ0v) is 18.7. The molecule has 10 heteroatoms. The highest BCUT2D eigenvalue weighted by molar-refractivity contribution is 6.12. The first-order valence-electron chi connectivity index (χ1n) is 10.3. The van der Waals surface area contributed by atoms with Crippen LogP contribution in [-0.2, 0) is 0 Å². The van der Waals surface area contributed by atoms with Gasteiger partial charge in [-0.2, -0.15) is 0 Å². The molecule has 10 nitrogen and oxygen atoms in total. The van der Waals surface area contributed by atoms with Gasteiger partial charge in [0, 0.05) is 0 Å². The average molecular weight is 494 g/mol. The molecular weight excluding hydrogens is 472 g/mol. The Morgan fingerprint density at radius 1 is 0.472 bits per heavy atom. The summed E-state index contributed by atoms with van der Waals surface area (Å²) < 4.78 is 0. The minimum atomic E-state index is -1.23. The standard InChI is InChI=1S/2C12H8O4.C2H6O2/c2*13-11(14)9-6-5-7-3-1-2-4-8(7)10(9)12(15)16;3-1-2-4/h2*1-6H,(H,13,14)(H,15,16);3-4H,1-2H2. The van der Waals surface area contributed by atoms with Crippen molar-refractivity contribution in [2.24, 2.45) is 0 Å². The molecule has 0 atom stereocenters. The molecule has 0 heterocycles. The second kappa shape index (κ2) is 12.6. The number of aliphatic hydroxyl groups excluding tert-OH is 2. The van der Waals surface area contributed by atoms with Crippen molar-refractivity contribution < 1.29 is 49.8 Å². The first-order valence-corrected chi connectivity index (χ1v) is 10.3. The van der Waals surface area contributed by atoms with Crippen LogP contribution in [0.3, 0.4) is 0 Å². The Bertz CT molecular complexity index is 1320. The van der Waals surface area contributed by atoms with Crippen LogP contribution in [0.5, 0.6) is 0 Å². The van der Waals surface area contributed by atoms with Crippen molar-refractivity contribution >= 4 is 45.4 Å². The monoisotopic (exact) mass is 494 g/mol. The summed E-state index contributed by atoms with van der Waals surface area (Å²) in [6, 6.07) is 19.4. The minimum absolute atomic E-state index is 0.125. The van der Waals surface area contributed by atoms with Crippen LogP contribution in [0.2, 0.25) is 0 Å². The van der Waals surface area contributed by atoms with E-state index in [1.54, 1.807) is 60.7 Å². The summed E-state index contributed by atoms with van der Waals surface area (Å²) in [5.74, 6) is -4.92. The number of benzene rings is 4. The van der Waals surface area contributed by atoms with Crippen molar-refractivity contribution in [2.45, 2.75) is 0 Å². The van der Waals surface area contributed by atoms with Crippen molar-refractivity contribution in [1.82, 2.24) is 0 Å². The number of rotatable bonds is 5. The highest BCUT2D eigenvalue weighted by atomic mass is 16.4. The van der Waals surface area contributed by atoms with Gasteiger partial charge in [0.2, 0.25) is 0 Å². The molecule has 0 bridgehead atoms. The van der Waals surface area contributed by atoms with Crippen molar-refractivity contribution in [3.05, 3.63) is 95.1 Å². The van der Waals surface area contributed by atoms with Gasteiger partial charge in [-0.3, -0.25) is 0 Å². The molecule has 0 saturated carbocycles. The predicted molar refractivity (Wildman–Crippen MR) is 130 cm³/mol. The maximum atomic E-state index is 11.1. The number of carboxylic acids is 4. The molecular formula is C26H22O10. The van der Waals surface area contributed by atoms with Gasteiger partial charge < -0.3 is 30.6 Å². The fourth-order valence-corrected chi connectivity index (χ4v) is 3.36. The van der Waals surface area contributed by atoms with Crippen molar-refractivity contribution in [1.29, 1.82) is 0 Å². The van der Waals surface area contributed by atoms with E-state index in [1.165, 1.54) is 12.1 Å². The number of aliphatic hydroxyl groups is 2. The van der Waals surface area contributed by atoms with Crippen LogP contribution in [0.4, 0.5) is 0 Å². The Labute approximate surface area is 203 Å². The van der Waals surface area contributed by atoms with E-state index in [1.807, 2.05) is 0 Å². The second-order valence-electron chi connectivity index (χ2n) is 7.09. The minimum Gasteiger partial charge on any atom is -0.478 e. The summed E-state index contributed by atoms with van der Waals surface area (Å²) >= 11 is 0. The fraction of sp³-hybridized carbons (Fsp3) is 0.0769. The number of carboxylic acid groups (broad SMARTS) is 4. The number of fused-ring (bicyclic) bond motifs is 2. The lowest BCUT2D eigenvalue weighted by atomic mass is 9.99. The molecule has 0 fully saturated rings. The smallest absolute Gasteiger partial charge is 0.337 e. The molecule has 4 rings (SSSR count). The summed E-state index contributed by atoms with van der Waals surface area (Å²) in [4.78, 5) is 44.0. The predicted octanol–water partition coefficient (Wildman–Crippen LogP) is 3.44. The molecule has 0 aliphatic heterocycles. The molecule has 0 aliphatic rings. The van der Waals surface area contributed by atoms with E-state index in [4.69, 9.17) is 30.6 Å². The van der Waals surface area contributed by atoms with Crippen molar-refractivity contribution in [2.75, 3.05) is 13.2 Å². The van der Waals surface area contributed by atoms with E-state index in [0.29, 0.717) is 21.5 Å². The van der Waals surface area contributed by atoms with Gasteiger partial charge in [0.1, 0.15) is 0 Å². The molecule has 6 N–H and O–H groups in total. The average Bonchev–Trinajstić information content (AvgIpc) is 2.87. The van der Waals surface area contributed by atoms with E-state index in [9.17, 15) is 19.2 Å². The number of carbonyl (C=O) groups is 4. The lowest BCUT2D eigenvalue weighted by Gasteiger charge is -2.05. The van der Waals surface area contributed by atoms with Gasteiger partial charge in [0.05, 0.1) is 35.5 Å². The van der Waals surface area contributed by atoms with E-state index in [0.717, 1.165) is 0 Å². The van der Waals surface area contributed by atoms with Gasteiger partial charge in [-0.15, -0.1) is 0 Å². The summed E-state index contributed by atoms with van der Waals surface area (Å²) in [6.45, 7) is -0.250. The zero-order valence-electron chi connectivity index (χ0n) is 18.7. The Hall–Kier alpha value is -4.80. The largest absolute Gasteiger partial charge is 0.478 e. The summed E-state index contributed by atoms with van der Waals surface area (Å²) in [7, 11) is 0. The Kier molecular flexibility index (Phi) is 9.61. The number of hydrogen-bond acceptors (Lipinski definition) is 6. The normalized spacial score (nSPS) is 9.94. The van der Waals surface area contributed by atoms with Gasteiger partial charge in [-0.05, 0) is 33.7 Å². The Morgan fingerprint density at radius 2 is 0.806 bits per heavy atom. The van der Waals surface area contributed by atoms with Crippen LogP contribution < -0.4 is 0 Å². The molecule has 186 valence electrons. The molecule has 0 radical (unpaired) electrons. The molecule has 0 spiro atoms. The Balaban J connectivity index is 0.000000221. The fourth-order valence-electron chi connectivity index (χ4n) is 3.36. The van der Waals surface area contributed by atoms with Crippen LogP contribution in [0.25, 0.3) is 21.5 Å². The third-order valence-corrected chi connectivity index (χ3v) is 4.85. The SMILES string of the molecule is O=C(O)c1ccc2ccccc2c1C(=O)O.O=C(O)c1ccc2ccccc2c1C(=O)O.OCCO. The summed E-state index contributed by atoms with van der Waals surface area (Å²) in [6.07, 6.45) is 0. The molecule has 36 heavy (non-hydrogen) atoms. The van der Waals surface area contributed by atoms with Crippen LogP contribution in [0, 0.1) is 0 Å². The van der Waals surface area contributed by atoms with Gasteiger partial charge >= 0.3 is 23.9 Å². The molecule has 0 unspecified atom stereocenters. The van der Waals surface area contributed by atoms with Gasteiger partial charge in [0.25, 0.3) is 0 Å². The van der Waals surface area contributed by atoms with Crippen LogP contribution in [-0.4, -0.2) is 67.7 Å². The third-order valence-electron chi connectivity index (χ3n) is 4.85. The molecule has 4 aromatic rings. The molecule has 4 aromatic carbocycles. The highest BCUT2D eigenvalue weighted by Gasteiger charge is 2.19. The van der Waals surface area contributed by atoms with Crippen LogP contribution in [0.1, 0.15) is 41.4 Å². The lowest BCUT2D eigenvalue weighted by molar-refractivity contribution is 0.0653. The number of hydrogen-bond donors (Lipinski definition) is 6. The topological polar surface area (TPSA) is 190 Å². The summed E-state index contributed by atoms with van der Waals surface area (Å²) in [5.41, 5.74) is -0.700. The first kappa shape index (κ1) is 27.4. The van der Waals surface area contributed by atoms with Gasteiger partial charge in [0.15, 0.2) is 0 Å². The summed E-state index contributed by atoms with van der Waals surface area (Å²) in [5, 5.41) is 53.5. The highest BCUT2D eigenvalue weighted by Crippen LogP contribution is 2.23. The quantitative estimate of drug-likeness (QED) is 0.240. The van der Waals surface area contributed by atoms with Gasteiger partial charge in [-0.1, -0.05) is 60.7 Å². The maximum Gasteiger partial charge on any atom is 0.337 e. The lowest BCUT2D eigenvalue weighted by Crippen LogP contribution is -2.08. The van der Waals surface area contributed by atoms with Crippen molar-refractivity contribution in [3.63, 3.8) is 0 Å². The van der Waals surface area contributed by atoms with Crippen LogP contribution >= 0.6 is 0 Å². The molecule has 0 aromatic heterocycles. The molecule has 0 amide bonds. The van der Waals surface area contributed by atoms with E-state index in [-0.39, 0.29) is 35.5 Å². The third kappa shape index (κ3) is 6.41. The number of aromatic carboxylic acids is 4. The molecule has 0 saturated heterocycles. The molecule has 0 aliphatic carbocycles. The van der Waals surface area contributed by atoms with E-state index < -0.39 is 23.9 Å². The van der Waals surface area contributed by atoms with Crippen LogP contribution in [0.15, 0.2) is 72.8 Å². The van der Waals surface area contributed by atoms with E-state index in [2.05, 4.69) is 0 Å². The van der Waals surface area contributed by atoms with Gasteiger partial charge in [-0.25, -0.2) is 19.2 Å². The first-order chi connectivity index (χ1) is 17.1.